The third-order valence-corrected chi connectivity index (χ3v) is 5.63. The van der Waals surface area contributed by atoms with E-state index in [1.54, 1.807) is 24.3 Å². The van der Waals surface area contributed by atoms with Crippen LogP contribution in [0.4, 0.5) is 13.2 Å². The predicted molar refractivity (Wildman–Crippen MR) is 117 cm³/mol. The standard InChI is InChI=1S/C24H28F3N3O3/c1-15-5-7-18(8-6-15)22(16(2)30-23(32)24(25,26)27)33-19-9-10-20(29-14-19)21(31)12-17-4-3-11-28-13-17/h5-10,14,16-17,22,28H,3-4,11-13H2,1-2H3,(H,30,32)/t16-,17+,22+/m0/s1. The highest BCUT2D eigenvalue weighted by molar-refractivity contribution is 5.94. The van der Waals surface area contributed by atoms with Crippen LogP contribution in [0.3, 0.4) is 0 Å². The van der Waals surface area contributed by atoms with Gasteiger partial charge in [0.15, 0.2) is 5.78 Å². The first-order chi connectivity index (χ1) is 15.6. The number of benzene rings is 1. The Labute approximate surface area is 190 Å². The average Bonchev–Trinajstić information content (AvgIpc) is 2.78. The highest BCUT2D eigenvalue weighted by atomic mass is 19.4. The summed E-state index contributed by atoms with van der Waals surface area (Å²) in [6, 6.07) is 9.23. The fourth-order valence-corrected chi connectivity index (χ4v) is 3.81. The van der Waals surface area contributed by atoms with Gasteiger partial charge < -0.3 is 15.4 Å². The second-order valence-electron chi connectivity index (χ2n) is 8.43. The zero-order valence-corrected chi connectivity index (χ0v) is 18.6. The van der Waals surface area contributed by atoms with E-state index in [1.807, 2.05) is 24.4 Å². The summed E-state index contributed by atoms with van der Waals surface area (Å²) in [6.45, 7) is 5.11. The molecule has 1 amide bonds. The Morgan fingerprint density at radius 1 is 1.21 bits per heavy atom. The van der Waals surface area contributed by atoms with Gasteiger partial charge in [0.25, 0.3) is 0 Å². The van der Waals surface area contributed by atoms with Gasteiger partial charge in [-0.2, -0.15) is 13.2 Å². The van der Waals surface area contributed by atoms with E-state index >= 15 is 0 Å². The molecule has 1 fully saturated rings. The number of halogens is 3. The van der Waals surface area contributed by atoms with Crippen LogP contribution in [0.5, 0.6) is 5.75 Å². The number of ketones is 1. The highest BCUT2D eigenvalue weighted by Gasteiger charge is 2.40. The lowest BCUT2D eigenvalue weighted by Gasteiger charge is -2.27. The summed E-state index contributed by atoms with van der Waals surface area (Å²) in [4.78, 5) is 28.2. The van der Waals surface area contributed by atoms with E-state index in [9.17, 15) is 22.8 Å². The van der Waals surface area contributed by atoms with Crippen molar-refractivity contribution in [1.29, 1.82) is 0 Å². The minimum absolute atomic E-state index is 0.0591. The lowest BCUT2D eigenvalue weighted by molar-refractivity contribution is -0.174. The van der Waals surface area contributed by atoms with E-state index in [0.717, 1.165) is 31.5 Å². The Balaban J connectivity index is 1.72. The largest absolute Gasteiger partial charge is 0.482 e. The summed E-state index contributed by atoms with van der Waals surface area (Å²) >= 11 is 0. The topological polar surface area (TPSA) is 80.3 Å². The maximum atomic E-state index is 12.7. The molecule has 0 spiro atoms. The number of nitrogens with zero attached hydrogens (tertiary/aromatic N) is 1. The maximum absolute atomic E-state index is 12.7. The molecule has 0 saturated carbocycles. The molecule has 1 aliphatic rings. The molecule has 2 aromatic rings. The van der Waals surface area contributed by atoms with Crippen molar-refractivity contribution in [2.45, 2.75) is 51.4 Å². The molecule has 3 atom stereocenters. The molecule has 33 heavy (non-hydrogen) atoms. The summed E-state index contributed by atoms with van der Waals surface area (Å²) in [5.41, 5.74) is 1.89. The molecular weight excluding hydrogens is 435 g/mol. The number of nitrogens with one attached hydrogen (secondary N) is 2. The molecule has 1 saturated heterocycles. The van der Waals surface area contributed by atoms with Crippen molar-refractivity contribution in [2.75, 3.05) is 13.1 Å². The predicted octanol–water partition coefficient (Wildman–Crippen LogP) is 4.15. The van der Waals surface area contributed by atoms with Gasteiger partial charge in [0.1, 0.15) is 17.5 Å². The summed E-state index contributed by atoms with van der Waals surface area (Å²) in [7, 11) is 0. The second-order valence-corrected chi connectivity index (χ2v) is 8.43. The van der Waals surface area contributed by atoms with Gasteiger partial charge in [0, 0.05) is 6.42 Å². The second kappa shape index (κ2) is 10.8. The number of ether oxygens (including phenoxy) is 1. The van der Waals surface area contributed by atoms with Gasteiger partial charge in [-0.15, -0.1) is 0 Å². The molecule has 0 bridgehead atoms. The van der Waals surface area contributed by atoms with Crippen molar-refractivity contribution >= 4 is 11.7 Å². The Kier molecular flexibility index (Phi) is 8.07. The van der Waals surface area contributed by atoms with Gasteiger partial charge in [-0.3, -0.25) is 9.59 Å². The molecule has 1 aromatic carbocycles. The van der Waals surface area contributed by atoms with Crippen LogP contribution in [0, 0.1) is 12.8 Å². The van der Waals surface area contributed by atoms with Gasteiger partial charge in [-0.1, -0.05) is 29.8 Å². The fourth-order valence-electron chi connectivity index (χ4n) is 3.81. The lowest BCUT2D eigenvalue weighted by Crippen LogP contribution is -2.45. The number of Topliss-reactive ketones (excluding diaryl/α,β-unsaturated/α-hetero) is 1. The summed E-state index contributed by atoms with van der Waals surface area (Å²) in [5.74, 6) is -1.53. The van der Waals surface area contributed by atoms with E-state index < -0.39 is 24.2 Å². The quantitative estimate of drug-likeness (QED) is 0.575. The number of alkyl halides is 3. The van der Waals surface area contributed by atoms with E-state index in [4.69, 9.17) is 4.74 Å². The number of hydrogen-bond acceptors (Lipinski definition) is 5. The summed E-state index contributed by atoms with van der Waals surface area (Å²) in [6.07, 6.45) is -2.06. The number of aryl methyl sites for hydroxylation is 1. The van der Waals surface area contributed by atoms with Gasteiger partial charge in [-0.05, 0) is 63.4 Å². The minimum atomic E-state index is -5.00. The molecule has 178 valence electrons. The van der Waals surface area contributed by atoms with Crippen molar-refractivity contribution in [3.63, 3.8) is 0 Å². The van der Waals surface area contributed by atoms with Crippen molar-refractivity contribution in [1.82, 2.24) is 15.6 Å². The Morgan fingerprint density at radius 3 is 2.52 bits per heavy atom. The zero-order valence-electron chi connectivity index (χ0n) is 18.6. The molecule has 2 N–H and O–H groups in total. The maximum Gasteiger partial charge on any atom is 0.471 e. The van der Waals surface area contributed by atoms with Crippen LogP contribution in [-0.4, -0.2) is 42.0 Å². The molecule has 2 heterocycles. The summed E-state index contributed by atoms with van der Waals surface area (Å²) < 4.78 is 44.2. The van der Waals surface area contributed by atoms with Crippen LogP contribution < -0.4 is 15.4 Å². The molecule has 1 aromatic heterocycles. The number of amides is 1. The molecule has 1 aliphatic heterocycles. The van der Waals surface area contributed by atoms with Crippen LogP contribution in [-0.2, 0) is 4.79 Å². The van der Waals surface area contributed by atoms with Gasteiger partial charge in [0.2, 0.25) is 0 Å². The van der Waals surface area contributed by atoms with Crippen LogP contribution in [0.2, 0.25) is 0 Å². The van der Waals surface area contributed by atoms with E-state index in [-0.39, 0.29) is 17.5 Å². The van der Waals surface area contributed by atoms with Crippen molar-refractivity contribution < 1.29 is 27.5 Å². The number of piperidine rings is 1. The molecule has 0 aliphatic carbocycles. The first-order valence-corrected chi connectivity index (χ1v) is 10.9. The normalized spacial score (nSPS) is 18.3. The van der Waals surface area contributed by atoms with E-state index in [2.05, 4.69) is 10.3 Å². The van der Waals surface area contributed by atoms with Gasteiger partial charge in [0.05, 0.1) is 12.2 Å². The molecule has 9 heteroatoms. The molecular formula is C24H28F3N3O3. The first-order valence-electron chi connectivity index (χ1n) is 10.9. The number of carbonyl (C=O) groups is 2. The van der Waals surface area contributed by atoms with Crippen LogP contribution >= 0.6 is 0 Å². The van der Waals surface area contributed by atoms with Gasteiger partial charge in [-0.25, -0.2) is 4.98 Å². The monoisotopic (exact) mass is 463 g/mol. The van der Waals surface area contributed by atoms with Crippen molar-refractivity contribution in [2.24, 2.45) is 5.92 Å². The number of hydrogen-bond donors (Lipinski definition) is 2. The van der Waals surface area contributed by atoms with Crippen molar-refractivity contribution in [3.05, 3.63) is 59.4 Å². The number of carbonyl (C=O) groups excluding carboxylic acids is 2. The Bertz CT molecular complexity index is 940. The smallest absolute Gasteiger partial charge is 0.471 e. The van der Waals surface area contributed by atoms with Crippen molar-refractivity contribution in [3.8, 4) is 5.75 Å². The van der Waals surface area contributed by atoms with Crippen LogP contribution in [0.1, 0.15) is 53.9 Å². The fraction of sp³-hybridized carbons (Fsp3) is 0.458. The first kappa shape index (κ1) is 24.7. The molecule has 3 rings (SSSR count). The molecule has 6 nitrogen and oxygen atoms in total. The van der Waals surface area contributed by atoms with E-state index in [1.165, 1.54) is 13.1 Å². The lowest BCUT2D eigenvalue weighted by atomic mass is 9.93. The Morgan fingerprint density at radius 2 is 1.94 bits per heavy atom. The Hall–Kier alpha value is -2.94. The van der Waals surface area contributed by atoms with Gasteiger partial charge >= 0.3 is 12.1 Å². The van der Waals surface area contributed by atoms with Crippen LogP contribution in [0.15, 0.2) is 42.6 Å². The highest BCUT2D eigenvalue weighted by Crippen LogP contribution is 2.27. The van der Waals surface area contributed by atoms with Crippen LogP contribution in [0.25, 0.3) is 0 Å². The SMILES string of the molecule is Cc1ccc([C@H](Oc2ccc(C(=O)C[C@H]3CCCNC3)nc2)[C@H](C)NC(=O)C(F)(F)F)cc1. The van der Waals surface area contributed by atoms with E-state index in [0.29, 0.717) is 17.7 Å². The number of aromatic nitrogens is 1. The average molecular weight is 464 g/mol. The minimum Gasteiger partial charge on any atom is -0.482 e. The third kappa shape index (κ3) is 7.02. The number of pyridine rings is 1. The third-order valence-electron chi connectivity index (χ3n) is 5.63. The summed E-state index contributed by atoms with van der Waals surface area (Å²) in [5, 5.41) is 5.24. The molecule has 0 unspecified atom stereocenters. The molecule has 0 radical (unpaired) electrons. The number of rotatable bonds is 8. The zero-order chi connectivity index (χ0) is 24.0.